The lowest BCUT2D eigenvalue weighted by atomic mass is 10.2. The average Bonchev–Trinajstić information content (AvgIpc) is 2.29. The summed E-state index contributed by atoms with van der Waals surface area (Å²) in [6.45, 7) is 0.717. The van der Waals surface area contributed by atoms with Gasteiger partial charge in [0, 0.05) is 19.2 Å². The van der Waals surface area contributed by atoms with Crippen LogP contribution >= 0.6 is 0 Å². The van der Waals surface area contributed by atoms with E-state index >= 15 is 0 Å². The van der Waals surface area contributed by atoms with Gasteiger partial charge in [-0.25, -0.2) is 5.10 Å². The molecule has 3 N–H and O–H groups in total. The van der Waals surface area contributed by atoms with Crippen molar-refractivity contribution in [2.45, 2.75) is 19.3 Å². The lowest BCUT2D eigenvalue weighted by Gasteiger charge is -2.03. The predicted octanol–water partition coefficient (Wildman–Crippen LogP) is -0.338. The van der Waals surface area contributed by atoms with Gasteiger partial charge in [-0.3, -0.25) is 9.59 Å². The van der Waals surface area contributed by atoms with Gasteiger partial charge in [0.2, 0.25) is 0 Å². The van der Waals surface area contributed by atoms with E-state index in [0.717, 1.165) is 19.3 Å². The molecule has 0 fully saturated rings. The van der Waals surface area contributed by atoms with Crippen LogP contribution in [0.25, 0.3) is 0 Å². The van der Waals surface area contributed by atoms with Gasteiger partial charge < -0.3 is 10.4 Å². The Balaban J connectivity index is 2.30. The molecule has 1 aromatic heterocycles. The van der Waals surface area contributed by atoms with Crippen LogP contribution < -0.4 is 10.9 Å². The van der Waals surface area contributed by atoms with Crippen LogP contribution in [0.15, 0.2) is 16.9 Å². The van der Waals surface area contributed by atoms with E-state index in [1.54, 1.807) is 0 Å². The predicted molar refractivity (Wildman–Crippen MR) is 58.1 cm³/mol. The van der Waals surface area contributed by atoms with Crippen molar-refractivity contribution in [3.63, 3.8) is 0 Å². The SMILES string of the molecule is O=C(NCCCCCO)c1ccc(=O)[nH]n1. The van der Waals surface area contributed by atoms with Crippen LogP contribution in [0.5, 0.6) is 0 Å². The molecule has 0 aliphatic heterocycles. The minimum absolute atomic E-state index is 0.176. The largest absolute Gasteiger partial charge is 0.396 e. The topological polar surface area (TPSA) is 95.1 Å². The molecule has 1 heterocycles. The molecular weight excluding hydrogens is 210 g/mol. The lowest BCUT2D eigenvalue weighted by molar-refractivity contribution is 0.0946. The molecule has 0 aliphatic rings. The van der Waals surface area contributed by atoms with Gasteiger partial charge in [-0.05, 0) is 25.3 Å². The first-order valence-corrected chi connectivity index (χ1v) is 5.19. The van der Waals surface area contributed by atoms with Gasteiger partial charge in [0.1, 0.15) is 5.69 Å². The fraction of sp³-hybridized carbons (Fsp3) is 0.500. The average molecular weight is 225 g/mol. The van der Waals surface area contributed by atoms with Crippen LogP contribution in [0, 0.1) is 0 Å². The number of hydrogen-bond acceptors (Lipinski definition) is 4. The second kappa shape index (κ2) is 6.73. The molecule has 1 amide bonds. The van der Waals surface area contributed by atoms with Crippen LogP contribution in [0.3, 0.4) is 0 Å². The number of hydrogen-bond donors (Lipinski definition) is 3. The van der Waals surface area contributed by atoms with Crippen LogP contribution in [0.2, 0.25) is 0 Å². The molecule has 16 heavy (non-hydrogen) atoms. The molecule has 0 spiro atoms. The van der Waals surface area contributed by atoms with Crippen molar-refractivity contribution < 1.29 is 9.90 Å². The molecule has 0 unspecified atom stereocenters. The molecule has 0 aromatic carbocycles. The Kier molecular flexibility index (Phi) is 5.21. The number of aliphatic hydroxyl groups is 1. The van der Waals surface area contributed by atoms with Gasteiger partial charge in [-0.15, -0.1) is 0 Å². The van der Waals surface area contributed by atoms with Crippen molar-refractivity contribution >= 4 is 5.91 Å². The first-order chi connectivity index (χ1) is 7.74. The summed E-state index contributed by atoms with van der Waals surface area (Å²) in [5, 5.41) is 17.0. The van der Waals surface area contributed by atoms with Crippen molar-refractivity contribution in [2.75, 3.05) is 13.2 Å². The van der Waals surface area contributed by atoms with E-state index in [-0.39, 0.29) is 23.8 Å². The van der Waals surface area contributed by atoms with Gasteiger partial charge in [0.05, 0.1) is 0 Å². The number of H-pyrrole nitrogens is 1. The van der Waals surface area contributed by atoms with E-state index in [4.69, 9.17) is 5.11 Å². The van der Waals surface area contributed by atoms with E-state index in [9.17, 15) is 9.59 Å². The molecule has 88 valence electrons. The third-order valence-electron chi connectivity index (χ3n) is 2.03. The number of rotatable bonds is 6. The summed E-state index contributed by atoms with van der Waals surface area (Å²) < 4.78 is 0. The van der Waals surface area contributed by atoms with Crippen molar-refractivity contribution in [3.8, 4) is 0 Å². The smallest absolute Gasteiger partial charge is 0.271 e. The Morgan fingerprint density at radius 2 is 2.19 bits per heavy atom. The Morgan fingerprint density at radius 1 is 1.38 bits per heavy atom. The molecule has 0 saturated carbocycles. The number of unbranched alkanes of at least 4 members (excludes halogenated alkanes) is 2. The van der Waals surface area contributed by atoms with Crippen LogP contribution in [0.1, 0.15) is 29.8 Å². The minimum atomic E-state index is -0.334. The number of carbonyl (C=O) groups is 1. The van der Waals surface area contributed by atoms with Crippen molar-refractivity contribution in [3.05, 3.63) is 28.2 Å². The first kappa shape index (κ1) is 12.4. The normalized spacial score (nSPS) is 10.1. The number of aromatic amines is 1. The highest BCUT2D eigenvalue weighted by atomic mass is 16.2. The first-order valence-electron chi connectivity index (χ1n) is 5.19. The highest BCUT2D eigenvalue weighted by Gasteiger charge is 2.05. The van der Waals surface area contributed by atoms with Crippen LogP contribution in [-0.2, 0) is 0 Å². The second-order valence-corrected chi connectivity index (χ2v) is 3.35. The summed E-state index contributed by atoms with van der Waals surface area (Å²) in [4.78, 5) is 22.1. The zero-order valence-corrected chi connectivity index (χ0v) is 8.90. The third-order valence-corrected chi connectivity index (χ3v) is 2.03. The Morgan fingerprint density at radius 3 is 2.81 bits per heavy atom. The van der Waals surface area contributed by atoms with Crippen molar-refractivity contribution in [2.24, 2.45) is 0 Å². The third kappa shape index (κ3) is 4.22. The fourth-order valence-electron chi connectivity index (χ4n) is 1.18. The van der Waals surface area contributed by atoms with Gasteiger partial charge in [0.25, 0.3) is 11.5 Å². The number of nitrogens with one attached hydrogen (secondary N) is 2. The Bertz CT molecular complexity index is 369. The molecular formula is C10H15N3O3. The molecule has 0 bridgehead atoms. The summed E-state index contributed by atoms with van der Waals surface area (Å²) in [7, 11) is 0. The maximum absolute atomic E-state index is 11.4. The quantitative estimate of drug-likeness (QED) is 0.577. The number of aliphatic hydroxyl groups excluding tert-OH is 1. The molecule has 0 atom stereocenters. The molecule has 1 rings (SSSR count). The molecule has 0 saturated heterocycles. The maximum Gasteiger partial charge on any atom is 0.271 e. The van der Waals surface area contributed by atoms with Gasteiger partial charge >= 0.3 is 0 Å². The lowest BCUT2D eigenvalue weighted by Crippen LogP contribution is -2.26. The highest BCUT2D eigenvalue weighted by Crippen LogP contribution is 1.93. The molecule has 6 nitrogen and oxygen atoms in total. The summed E-state index contributed by atoms with van der Waals surface area (Å²) >= 11 is 0. The van der Waals surface area contributed by atoms with Gasteiger partial charge in [-0.1, -0.05) is 0 Å². The van der Waals surface area contributed by atoms with E-state index < -0.39 is 0 Å². The standard InChI is InChI=1S/C10H15N3O3/c14-7-3-1-2-6-11-10(16)8-4-5-9(15)13-12-8/h4-5,14H,1-3,6-7H2,(H,11,16)(H,13,15). The van der Waals surface area contributed by atoms with Gasteiger partial charge in [-0.2, -0.15) is 5.10 Å². The Labute approximate surface area is 92.7 Å². The number of amides is 1. The molecule has 0 radical (unpaired) electrons. The summed E-state index contributed by atoms with van der Waals surface area (Å²) in [5.41, 5.74) is -0.138. The summed E-state index contributed by atoms with van der Waals surface area (Å²) in [6.07, 6.45) is 2.43. The minimum Gasteiger partial charge on any atom is -0.396 e. The highest BCUT2D eigenvalue weighted by molar-refractivity contribution is 5.91. The summed E-state index contributed by atoms with van der Waals surface area (Å²) in [6, 6.07) is 2.63. The van der Waals surface area contributed by atoms with Crippen molar-refractivity contribution in [1.29, 1.82) is 0 Å². The summed E-state index contributed by atoms with van der Waals surface area (Å²) in [5.74, 6) is -0.305. The maximum atomic E-state index is 11.4. The van der Waals surface area contributed by atoms with E-state index in [0.29, 0.717) is 6.54 Å². The van der Waals surface area contributed by atoms with E-state index in [2.05, 4.69) is 15.5 Å². The van der Waals surface area contributed by atoms with Crippen LogP contribution in [0.4, 0.5) is 0 Å². The number of carbonyl (C=O) groups excluding carboxylic acids is 1. The molecule has 6 heteroatoms. The Hall–Kier alpha value is -1.69. The number of nitrogens with zero attached hydrogens (tertiary/aromatic N) is 1. The van der Waals surface area contributed by atoms with Crippen LogP contribution in [-0.4, -0.2) is 34.4 Å². The van der Waals surface area contributed by atoms with E-state index in [1.807, 2.05) is 0 Å². The van der Waals surface area contributed by atoms with E-state index in [1.165, 1.54) is 12.1 Å². The second-order valence-electron chi connectivity index (χ2n) is 3.35. The monoisotopic (exact) mass is 225 g/mol. The molecule has 1 aromatic rings. The zero-order chi connectivity index (χ0) is 11.8. The molecule has 0 aliphatic carbocycles. The fourth-order valence-corrected chi connectivity index (χ4v) is 1.18. The van der Waals surface area contributed by atoms with Crippen molar-refractivity contribution in [1.82, 2.24) is 15.5 Å². The number of aromatic nitrogens is 2. The zero-order valence-electron chi connectivity index (χ0n) is 8.90. The van der Waals surface area contributed by atoms with Gasteiger partial charge in [0.15, 0.2) is 0 Å².